The van der Waals surface area contributed by atoms with E-state index in [1.54, 1.807) is 11.3 Å². The van der Waals surface area contributed by atoms with Crippen LogP contribution in [-0.4, -0.2) is 4.98 Å². The lowest BCUT2D eigenvalue weighted by Gasteiger charge is -1.92. The number of nitrogen functional groups attached to an aromatic ring is 1. The van der Waals surface area contributed by atoms with Gasteiger partial charge in [-0.15, -0.1) is 11.3 Å². The van der Waals surface area contributed by atoms with Crippen LogP contribution in [0.1, 0.15) is 5.56 Å². The van der Waals surface area contributed by atoms with Gasteiger partial charge in [0.15, 0.2) is 5.58 Å². The Hall–Kier alpha value is -1.81. The molecule has 3 rings (SSSR count). The van der Waals surface area contributed by atoms with Gasteiger partial charge in [-0.3, -0.25) is 0 Å². The second kappa shape index (κ2) is 3.35. The van der Waals surface area contributed by atoms with E-state index < -0.39 is 0 Å². The zero-order valence-corrected chi connectivity index (χ0v) is 9.54. The third kappa shape index (κ3) is 1.31. The first-order valence-corrected chi connectivity index (χ1v) is 5.83. The zero-order chi connectivity index (χ0) is 11.1. The van der Waals surface area contributed by atoms with E-state index in [1.165, 1.54) is 0 Å². The summed E-state index contributed by atoms with van der Waals surface area (Å²) in [7, 11) is 0. The van der Waals surface area contributed by atoms with Crippen molar-refractivity contribution in [3.8, 4) is 10.8 Å². The molecule has 0 saturated carbocycles. The van der Waals surface area contributed by atoms with E-state index in [2.05, 4.69) is 4.98 Å². The number of oxazole rings is 1. The second-order valence-electron chi connectivity index (χ2n) is 3.65. The van der Waals surface area contributed by atoms with Gasteiger partial charge in [-0.1, -0.05) is 12.1 Å². The van der Waals surface area contributed by atoms with Crippen LogP contribution in [-0.2, 0) is 0 Å². The molecule has 16 heavy (non-hydrogen) atoms. The SMILES string of the molecule is Cc1csc(-c2nc3ccccc3o2)c1N. The number of nitrogens with two attached hydrogens (primary N) is 1. The van der Waals surface area contributed by atoms with E-state index >= 15 is 0 Å². The Morgan fingerprint density at radius 1 is 1.31 bits per heavy atom. The summed E-state index contributed by atoms with van der Waals surface area (Å²) in [5, 5.41) is 2.01. The molecule has 0 saturated heterocycles. The van der Waals surface area contributed by atoms with Crippen molar-refractivity contribution in [2.45, 2.75) is 6.92 Å². The van der Waals surface area contributed by atoms with Crippen LogP contribution in [0.3, 0.4) is 0 Å². The zero-order valence-electron chi connectivity index (χ0n) is 8.73. The molecule has 80 valence electrons. The fraction of sp³-hybridized carbons (Fsp3) is 0.0833. The molecule has 4 heteroatoms. The number of benzene rings is 1. The van der Waals surface area contributed by atoms with Crippen molar-refractivity contribution in [2.75, 3.05) is 5.73 Å². The normalized spacial score (nSPS) is 11.1. The van der Waals surface area contributed by atoms with Crippen LogP contribution in [0.15, 0.2) is 34.1 Å². The van der Waals surface area contributed by atoms with Crippen LogP contribution in [0.4, 0.5) is 5.69 Å². The Morgan fingerprint density at radius 2 is 2.12 bits per heavy atom. The molecule has 0 amide bonds. The van der Waals surface area contributed by atoms with Gasteiger partial charge in [0.05, 0.1) is 5.69 Å². The molecule has 2 heterocycles. The van der Waals surface area contributed by atoms with Crippen LogP contribution in [0.5, 0.6) is 0 Å². The minimum atomic E-state index is 0.608. The van der Waals surface area contributed by atoms with Crippen molar-refractivity contribution in [3.63, 3.8) is 0 Å². The number of para-hydroxylation sites is 2. The molecule has 1 aromatic carbocycles. The van der Waals surface area contributed by atoms with Gasteiger partial charge in [0, 0.05) is 0 Å². The van der Waals surface area contributed by atoms with E-state index in [4.69, 9.17) is 10.2 Å². The summed E-state index contributed by atoms with van der Waals surface area (Å²) >= 11 is 1.56. The lowest BCUT2D eigenvalue weighted by Crippen LogP contribution is -1.86. The number of hydrogen-bond donors (Lipinski definition) is 1. The van der Waals surface area contributed by atoms with Crippen molar-refractivity contribution >= 4 is 28.1 Å². The summed E-state index contributed by atoms with van der Waals surface area (Å²) in [6.07, 6.45) is 0. The van der Waals surface area contributed by atoms with Gasteiger partial charge in [0.2, 0.25) is 5.89 Å². The van der Waals surface area contributed by atoms with E-state index in [-0.39, 0.29) is 0 Å². The first-order chi connectivity index (χ1) is 7.75. The van der Waals surface area contributed by atoms with Crippen LogP contribution in [0, 0.1) is 6.92 Å². The van der Waals surface area contributed by atoms with Crippen molar-refractivity contribution in [1.82, 2.24) is 4.98 Å². The van der Waals surface area contributed by atoms with E-state index in [1.807, 2.05) is 36.6 Å². The number of aromatic nitrogens is 1. The van der Waals surface area contributed by atoms with Crippen molar-refractivity contribution < 1.29 is 4.42 Å². The fourth-order valence-electron chi connectivity index (χ4n) is 1.59. The average Bonchev–Trinajstić information content (AvgIpc) is 2.84. The Morgan fingerprint density at radius 3 is 2.81 bits per heavy atom. The minimum Gasteiger partial charge on any atom is -0.435 e. The number of nitrogens with zero attached hydrogens (tertiary/aromatic N) is 1. The highest BCUT2D eigenvalue weighted by Crippen LogP contribution is 2.35. The third-order valence-electron chi connectivity index (χ3n) is 2.51. The van der Waals surface area contributed by atoms with Gasteiger partial charge in [-0.05, 0) is 30.0 Å². The summed E-state index contributed by atoms with van der Waals surface area (Å²) in [6.45, 7) is 1.98. The summed E-state index contributed by atoms with van der Waals surface area (Å²) in [5.41, 5.74) is 9.46. The van der Waals surface area contributed by atoms with Crippen LogP contribution in [0.2, 0.25) is 0 Å². The highest BCUT2D eigenvalue weighted by atomic mass is 32.1. The second-order valence-corrected chi connectivity index (χ2v) is 4.53. The van der Waals surface area contributed by atoms with E-state index in [9.17, 15) is 0 Å². The Balaban J connectivity index is 2.23. The standard InChI is InChI=1S/C12H10N2OS/c1-7-6-16-11(10(7)13)12-14-8-4-2-3-5-9(8)15-12/h2-6H,13H2,1H3. The Labute approximate surface area is 96.5 Å². The van der Waals surface area contributed by atoms with E-state index in [0.717, 1.165) is 27.2 Å². The molecule has 2 N–H and O–H groups in total. The molecule has 0 fully saturated rings. The highest BCUT2D eigenvalue weighted by molar-refractivity contribution is 7.14. The van der Waals surface area contributed by atoms with Crippen molar-refractivity contribution in [2.24, 2.45) is 0 Å². The predicted molar refractivity (Wildman–Crippen MR) is 66.5 cm³/mol. The molecule has 0 aliphatic heterocycles. The maximum absolute atomic E-state index is 5.97. The molecule has 0 aliphatic carbocycles. The minimum absolute atomic E-state index is 0.608. The molecule has 0 bridgehead atoms. The third-order valence-corrected chi connectivity index (χ3v) is 3.61. The van der Waals surface area contributed by atoms with Gasteiger partial charge < -0.3 is 10.2 Å². The maximum atomic E-state index is 5.97. The molecule has 3 aromatic rings. The van der Waals surface area contributed by atoms with Crippen molar-refractivity contribution in [3.05, 3.63) is 35.2 Å². The van der Waals surface area contributed by atoms with Gasteiger partial charge in [0.1, 0.15) is 10.4 Å². The number of anilines is 1. The quantitative estimate of drug-likeness (QED) is 0.696. The molecule has 0 spiro atoms. The number of hydrogen-bond acceptors (Lipinski definition) is 4. The molecule has 0 radical (unpaired) electrons. The number of thiophene rings is 1. The highest BCUT2D eigenvalue weighted by Gasteiger charge is 2.13. The lowest BCUT2D eigenvalue weighted by molar-refractivity contribution is 0.622. The molecule has 0 aliphatic rings. The molecular formula is C12H10N2OS. The Kier molecular flexibility index (Phi) is 1.97. The summed E-state index contributed by atoms with van der Waals surface area (Å²) < 4.78 is 5.67. The topological polar surface area (TPSA) is 52.0 Å². The van der Waals surface area contributed by atoms with Crippen LogP contribution >= 0.6 is 11.3 Å². The molecule has 0 unspecified atom stereocenters. The largest absolute Gasteiger partial charge is 0.435 e. The summed E-state index contributed by atoms with van der Waals surface area (Å²) in [6, 6.07) is 7.71. The summed E-state index contributed by atoms with van der Waals surface area (Å²) in [5.74, 6) is 0.608. The van der Waals surface area contributed by atoms with Crippen LogP contribution < -0.4 is 5.73 Å². The van der Waals surface area contributed by atoms with Gasteiger partial charge in [-0.2, -0.15) is 0 Å². The molecule has 0 atom stereocenters. The number of fused-ring (bicyclic) bond motifs is 1. The number of aryl methyl sites for hydroxylation is 1. The lowest BCUT2D eigenvalue weighted by atomic mass is 10.3. The smallest absolute Gasteiger partial charge is 0.239 e. The van der Waals surface area contributed by atoms with E-state index in [0.29, 0.717) is 5.89 Å². The monoisotopic (exact) mass is 230 g/mol. The number of rotatable bonds is 1. The average molecular weight is 230 g/mol. The summed E-state index contributed by atoms with van der Waals surface area (Å²) in [4.78, 5) is 5.33. The fourth-order valence-corrected chi connectivity index (χ4v) is 2.49. The van der Waals surface area contributed by atoms with Gasteiger partial charge in [0.25, 0.3) is 0 Å². The first-order valence-electron chi connectivity index (χ1n) is 4.95. The molecular weight excluding hydrogens is 220 g/mol. The first kappa shape index (κ1) is 9.42. The Bertz CT molecular complexity index is 621. The predicted octanol–water partition coefficient (Wildman–Crippen LogP) is 3.45. The van der Waals surface area contributed by atoms with Gasteiger partial charge >= 0.3 is 0 Å². The maximum Gasteiger partial charge on any atom is 0.239 e. The van der Waals surface area contributed by atoms with Crippen molar-refractivity contribution in [1.29, 1.82) is 0 Å². The van der Waals surface area contributed by atoms with Gasteiger partial charge in [-0.25, -0.2) is 4.98 Å². The van der Waals surface area contributed by atoms with Crippen LogP contribution in [0.25, 0.3) is 21.9 Å². The molecule has 3 nitrogen and oxygen atoms in total. The molecule has 2 aromatic heterocycles.